The average molecular weight is 497 g/mol. The van der Waals surface area contributed by atoms with E-state index in [9.17, 15) is 18.0 Å². The van der Waals surface area contributed by atoms with Crippen LogP contribution in [0, 0.1) is 0 Å². The van der Waals surface area contributed by atoms with Gasteiger partial charge in [0.05, 0.1) is 22.8 Å². The van der Waals surface area contributed by atoms with Gasteiger partial charge >= 0.3 is 0 Å². The van der Waals surface area contributed by atoms with Gasteiger partial charge in [0.25, 0.3) is 5.91 Å². The van der Waals surface area contributed by atoms with Crippen LogP contribution in [0.1, 0.15) is 36.8 Å². The van der Waals surface area contributed by atoms with Crippen LogP contribution in [0.4, 0.5) is 5.69 Å². The van der Waals surface area contributed by atoms with Crippen molar-refractivity contribution in [3.8, 4) is 5.69 Å². The maximum Gasteiger partial charge on any atom is 0.280 e. The van der Waals surface area contributed by atoms with E-state index in [4.69, 9.17) is 4.74 Å². The van der Waals surface area contributed by atoms with E-state index in [0.717, 1.165) is 17.7 Å². The number of amides is 1. The minimum Gasteiger partial charge on any atom is -0.373 e. The minimum atomic E-state index is -3.70. The zero-order valence-electron chi connectivity index (χ0n) is 19.8. The number of aryl methyl sites for hydroxylation is 1. The molecule has 184 valence electrons. The molecule has 2 heterocycles. The highest BCUT2D eigenvalue weighted by molar-refractivity contribution is 7.89. The molecule has 4 rings (SSSR count). The summed E-state index contributed by atoms with van der Waals surface area (Å²) in [4.78, 5) is 25.2. The van der Waals surface area contributed by atoms with Gasteiger partial charge in [-0.15, -0.1) is 0 Å². The van der Waals surface area contributed by atoms with Gasteiger partial charge < -0.3 is 10.1 Å². The lowest BCUT2D eigenvalue weighted by molar-refractivity contribution is -0.0440. The number of hydrogen-bond acceptors (Lipinski definition) is 6. The predicted octanol–water partition coefficient (Wildman–Crippen LogP) is 2.85. The van der Waals surface area contributed by atoms with Crippen molar-refractivity contribution >= 4 is 21.6 Å². The highest BCUT2D eigenvalue weighted by Crippen LogP contribution is 2.22. The number of rotatable bonds is 6. The Morgan fingerprint density at radius 3 is 2.26 bits per heavy atom. The molecule has 1 aromatic heterocycles. The van der Waals surface area contributed by atoms with Crippen LogP contribution >= 0.6 is 0 Å². The molecule has 0 spiro atoms. The maximum atomic E-state index is 13.0. The van der Waals surface area contributed by atoms with Crippen molar-refractivity contribution in [2.45, 2.75) is 44.3 Å². The van der Waals surface area contributed by atoms with Crippen LogP contribution in [0.25, 0.3) is 5.69 Å². The van der Waals surface area contributed by atoms with Gasteiger partial charge in [-0.25, -0.2) is 13.1 Å². The molecule has 1 aliphatic rings. The van der Waals surface area contributed by atoms with E-state index in [1.165, 1.54) is 45.5 Å². The fourth-order valence-corrected chi connectivity index (χ4v) is 5.56. The lowest BCUT2D eigenvalue weighted by atomic mass is 10.1. The number of aromatic nitrogens is 2. The summed E-state index contributed by atoms with van der Waals surface area (Å²) in [7, 11) is -3.70. The van der Waals surface area contributed by atoms with Crippen molar-refractivity contribution in [2.24, 2.45) is 0 Å². The van der Waals surface area contributed by atoms with E-state index in [2.05, 4.69) is 17.3 Å². The second-order valence-corrected chi connectivity index (χ2v) is 10.5. The van der Waals surface area contributed by atoms with Gasteiger partial charge in [0.15, 0.2) is 5.69 Å². The molecular formula is C25H28N4O5S. The van der Waals surface area contributed by atoms with Crippen molar-refractivity contribution in [3.63, 3.8) is 0 Å². The number of hydrogen-bond donors (Lipinski definition) is 1. The standard InChI is InChI=1S/C25H28N4O5S/c1-4-19-5-9-21(10-6-19)29-14-13-23(30)24(27-29)25(31)26-20-7-11-22(12-8-20)35(32,33)28-15-17(2)34-18(3)16-28/h5-14,17-18H,4,15-16H2,1-3H3,(H,26,31)/t17-,18-/m0/s1. The fourth-order valence-electron chi connectivity index (χ4n) is 3.97. The smallest absolute Gasteiger partial charge is 0.280 e. The van der Waals surface area contributed by atoms with E-state index in [1.807, 2.05) is 38.1 Å². The molecule has 1 amide bonds. The molecule has 1 fully saturated rings. The number of morpholine rings is 1. The van der Waals surface area contributed by atoms with Crippen LogP contribution in [0.5, 0.6) is 0 Å². The molecule has 0 unspecified atom stereocenters. The quantitative estimate of drug-likeness (QED) is 0.562. The average Bonchev–Trinajstić information content (AvgIpc) is 2.84. The summed E-state index contributed by atoms with van der Waals surface area (Å²) in [6.45, 7) is 6.28. The monoisotopic (exact) mass is 496 g/mol. The van der Waals surface area contributed by atoms with Gasteiger partial charge in [-0.1, -0.05) is 19.1 Å². The molecule has 2 atom stereocenters. The first-order chi connectivity index (χ1) is 16.7. The SMILES string of the molecule is CCc1ccc(-n2ccc(=O)c(C(=O)Nc3ccc(S(=O)(=O)N4C[C@H](C)O[C@@H](C)C4)cc3)n2)cc1. The van der Waals surface area contributed by atoms with Crippen LogP contribution in [-0.2, 0) is 21.2 Å². The predicted molar refractivity (Wildman–Crippen MR) is 132 cm³/mol. The number of nitrogens with one attached hydrogen (secondary N) is 1. The molecule has 35 heavy (non-hydrogen) atoms. The number of benzene rings is 2. The Labute approximate surface area is 204 Å². The summed E-state index contributed by atoms with van der Waals surface area (Å²) >= 11 is 0. The summed E-state index contributed by atoms with van der Waals surface area (Å²) in [6, 6.07) is 14.8. The van der Waals surface area contributed by atoms with E-state index < -0.39 is 21.4 Å². The largest absolute Gasteiger partial charge is 0.373 e. The van der Waals surface area contributed by atoms with Crippen molar-refractivity contribution in [1.82, 2.24) is 14.1 Å². The van der Waals surface area contributed by atoms with Gasteiger partial charge in [0.1, 0.15) is 0 Å². The minimum absolute atomic E-state index is 0.118. The maximum absolute atomic E-state index is 13.0. The molecule has 0 saturated carbocycles. The molecular weight excluding hydrogens is 468 g/mol. The molecule has 1 aliphatic heterocycles. The summed E-state index contributed by atoms with van der Waals surface area (Å²) in [5, 5.41) is 6.83. The highest BCUT2D eigenvalue weighted by Gasteiger charge is 2.32. The number of nitrogens with zero attached hydrogens (tertiary/aromatic N) is 3. The molecule has 3 aromatic rings. The van der Waals surface area contributed by atoms with Crippen LogP contribution in [0.3, 0.4) is 0 Å². The zero-order chi connectivity index (χ0) is 25.2. The first-order valence-corrected chi connectivity index (χ1v) is 12.9. The molecule has 9 nitrogen and oxygen atoms in total. The molecule has 2 aromatic carbocycles. The Kier molecular flexibility index (Phi) is 7.15. The van der Waals surface area contributed by atoms with Crippen LogP contribution in [0.15, 0.2) is 70.5 Å². The highest BCUT2D eigenvalue weighted by atomic mass is 32.2. The molecule has 0 bridgehead atoms. The molecule has 0 radical (unpaired) electrons. The van der Waals surface area contributed by atoms with Crippen LogP contribution < -0.4 is 10.7 Å². The topological polar surface area (TPSA) is 111 Å². The Hall–Kier alpha value is -3.34. The van der Waals surface area contributed by atoms with Crippen molar-refractivity contribution in [2.75, 3.05) is 18.4 Å². The molecule has 1 N–H and O–H groups in total. The number of carbonyl (C=O) groups excluding carboxylic acids is 1. The van der Waals surface area contributed by atoms with Gasteiger partial charge in [-0.3, -0.25) is 9.59 Å². The summed E-state index contributed by atoms with van der Waals surface area (Å²) < 4.78 is 34.5. The number of anilines is 1. The number of sulfonamides is 1. The Bertz CT molecular complexity index is 1360. The number of carbonyl (C=O) groups is 1. The summed E-state index contributed by atoms with van der Waals surface area (Å²) in [5.74, 6) is -0.680. The van der Waals surface area contributed by atoms with Gasteiger partial charge in [0.2, 0.25) is 15.5 Å². The summed E-state index contributed by atoms with van der Waals surface area (Å²) in [6.07, 6.45) is 2.02. The molecule has 0 aliphatic carbocycles. The Balaban J connectivity index is 1.51. The van der Waals surface area contributed by atoms with Crippen LogP contribution in [-0.4, -0.2) is 53.7 Å². The van der Waals surface area contributed by atoms with E-state index >= 15 is 0 Å². The lowest BCUT2D eigenvalue weighted by Gasteiger charge is -2.34. The van der Waals surface area contributed by atoms with E-state index in [1.54, 1.807) is 0 Å². The fraction of sp³-hybridized carbons (Fsp3) is 0.320. The Morgan fingerprint density at radius 2 is 1.66 bits per heavy atom. The van der Waals surface area contributed by atoms with Gasteiger partial charge in [0, 0.05) is 31.0 Å². The van der Waals surface area contributed by atoms with E-state index in [0.29, 0.717) is 5.69 Å². The number of ether oxygens (including phenoxy) is 1. The van der Waals surface area contributed by atoms with Gasteiger partial charge in [-0.2, -0.15) is 9.40 Å². The molecule has 1 saturated heterocycles. The third-order valence-corrected chi connectivity index (χ3v) is 7.61. The van der Waals surface area contributed by atoms with Crippen LogP contribution in [0.2, 0.25) is 0 Å². The van der Waals surface area contributed by atoms with Crippen molar-refractivity contribution in [1.29, 1.82) is 0 Å². The first-order valence-electron chi connectivity index (χ1n) is 11.4. The third-order valence-electron chi connectivity index (χ3n) is 5.77. The second kappa shape index (κ2) is 10.1. The van der Waals surface area contributed by atoms with Crippen molar-refractivity contribution in [3.05, 3.63) is 82.3 Å². The third kappa shape index (κ3) is 5.50. The van der Waals surface area contributed by atoms with Crippen molar-refractivity contribution < 1.29 is 17.9 Å². The lowest BCUT2D eigenvalue weighted by Crippen LogP contribution is -2.48. The second-order valence-electron chi connectivity index (χ2n) is 8.55. The summed E-state index contributed by atoms with van der Waals surface area (Å²) in [5.41, 5.74) is 1.45. The zero-order valence-corrected chi connectivity index (χ0v) is 20.7. The Morgan fingerprint density at radius 1 is 1.03 bits per heavy atom. The van der Waals surface area contributed by atoms with E-state index in [-0.39, 0.29) is 35.9 Å². The molecule has 10 heteroatoms. The van der Waals surface area contributed by atoms with Gasteiger partial charge in [-0.05, 0) is 62.2 Å². The first kappa shape index (κ1) is 24.8. The normalized spacial score (nSPS) is 18.8.